The van der Waals surface area contributed by atoms with Crippen LogP contribution in [-0.4, -0.2) is 46.0 Å². The minimum atomic E-state index is -3.47. The van der Waals surface area contributed by atoms with E-state index < -0.39 is 19.5 Å². The molecule has 0 bridgehead atoms. The minimum Gasteiger partial charge on any atom is -0.334 e. The SMILES string of the molecule is CCN(C[SiH2]C)S(=O)(=O)c1ccc(NC(=O)NCc2cccnc2)cc1. The monoisotopic (exact) mass is 392 g/mol. The molecular weight excluding hydrogens is 368 g/mol. The molecule has 0 unspecified atom stereocenters. The number of sulfonamides is 1. The highest BCUT2D eigenvalue weighted by Gasteiger charge is 2.22. The minimum absolute atomic E-state index is 0.239. The molecule has 2 amide bonds. The maximum absolute atomic E-state index is 12.6. The fourth-order valence-electron chi connectivity index (χ4n) is 2.42. The highest BCUT2D eigenvalue weighted by atomic mass is 32.2. The van der Waals surface area contributed by atoms with Gasteiger partial charge in [0, 0.05) is 46.9 Å². The van der Waals surface area contributed by atoms with Gasteiger partial charge in [-0.15, -0.1) is 0 Å². The van der Waals surface area contributed by atoms with Gasteiger partial charge in [-0.1, -0.05) is 19.5 Å². The number of nitrogens with zero attached hydrogens (tertiary/aromatic N) is 2. The molecule has 2 N–H and O–H groups in total. The van der Waals surface area contributed by atoms with Crippen LogP contribution in [0.1, 0.15) is 12.5 Å². The van der Waals surface area contributed by atoms with Crippen LogP contribution in [0, 0.1) is 0 Å². The molecule has 1 heterocycles. The van der Waals surface area contributed by atoms with E-state index in [2.05, 4.69) is 22.2 Å². The van der Waals surface area contributed by atoms with E-state index in [1.165, 1.54) is 16.4 Å². The van der Waals surface area contributed by atoms with Crippen molar-refractivity contribution in [3.8, 4) is 0 Å². The van der Waals surface area contributed by atoms with Crippen LogP contribution in [0.25, 0.3) is 0 Å². The number of rotatable bonds is 8. The van der Waals surface area contributed by atoms with Gasteiger partial charge >= 0.3 is 6.03 Å². The van der Waals surface area contributed by atoms with Crippen LogP contribution in [-0.2, 0) is 16.6 Å². The Bertz CT molecular complexity index is 814. The molecule has 0 radical (unpaired) electrons. The number of hydrogen-bond acceptors (Lipinski definition) is 4. The Morgan fingerprint density at radius 3 is 2.54 bits per heavy atom. The lowest BCUT2D eigenvalue weighted by Gasteiger charge is -2.19. The topological polar surface area (TPSA) is 91.4 Å². The number of amides is 2. The van der Waals surface area contributed by atoms with E-state index in [9.17, 15) is 13.2 Å². The molecule has 0 aliphatic heterocycles. The molecule has 0 aliphatic carbocycles. The molecule has 0 spiro atoms. The standard InChI is InChI=1S/C17H24N4O3SSi/c1-3-21(13-26-2)25(23,24)16-8-6-15(7-9-16)20-17(22)19-12-14-5-4-10-18-11-14/h4-11H,3,12-13,26H2,1-2H3,(H2,19,20,22). The average molecular weight is 393 g/mol. The third-order valence-electron chi connectivity index (χ3n) is 3.75. The Balaban J connectivity index is 1.97. The first kappa shape index (κ1) is 20.1. The first-order valence-corrected chi connectivity index (χ1v) is 12.4. The smallest absolute Gasteiger partial charge is 0.319 e. The summed E-state index contributed by atoms with van der Waals surface area (Å²) in [5, 5.41) is 5.41. The van der Waals surface area contributed by atoms with Crippen molar-refractivity contribution in [1.29, 1.82) is 0 Å². The first-order valence-electron chi connectivity index (χ1n) is 8.51. The molecule has 9 heteroatoms. The molecule has 7 nitrogen and oxygen atoms in total. The maximum Gasteiger partial charge on any atom is 0.319 e. The normalized spacial score (nSPS) is 11.8. The number of carbonyl (C=O) groups is 1. The highest BCUT2D eigenvalue weighted by molar-refractivity contribution is 7.89. The predicted octanol–water partition coefficient (Wildman–Crippen LogP) is 1.59. The van der Waals surface area contributed by atoms with Crippen molar-refractivity contribution in [1.82, 2.24) is 14.6 Å². The molecule has 0 fully saturated rings. The first-order chi connectivity index (χ1) is 12.5. The van der Waals surface area contributed by atoms with Crippen LogP contribution >= 0.6 is 0 Å². The zero-order valence-corrected chi connectivity index (χ0v) is 17.2. The van der Waals surface area contributed by atoms with Gasteiger partial charge < -0.3 is 10.6 Å². The summed E-state index contributed by atoms with van der Waals surface area (Å²) >= 11 is 0. The summed E-state index contributed by atoms with van der Waals surface area (Å²) in [6.45, 7) is 4.73. The van der Waals surface area contributed by atoms with E-state index in [0.29, 0.717) is 24.9 Å². The molecule has 0 saturated carbocycles. The van der Waals surface area contributed by atoms with Gasteiger partial charge in [-0.05, 0) is 35.9 Å². The number of anilines is 1. The number of pyridine rings is 1. The molecule has 2 aromatic rings. The van der Waals surface area contributed by atoms with Crippen molar-refractivity contribution in [2.45, 2.75) is 24.9 Å². The van der Waals surface area contributed by atoms with Crippen LogP contribution in [0.5, 0.6) is 0 Å². The maximum atomic E-state index is 12.6. The third-order valence-corrected chi connectivity index (χ3v) is 7.05. The summed E-state index contributed by atoms with van der Waals surface area (Å²) in [4.78, 5) is 16.2. The van der Waals surface area contributed by atoms with Crippen LogP contribution < -0.4 is 10.6 Å². The van der Waals surface area contributed by atoms with Crippen molar-refractivity contribution in [3.63, 3.8) is 0 Å². The average Bonchev–Trinajstić information content (AvgIpc) is 2.65. The molecule has 0 aliphatic rings. The van der Waals surface area contributed by atoms with Crippen LogP contribution in [0.4, 0.5) is 10.5 Å². The molecule has 26 heavy (non-hydrogen) atoms. The fraction of sp³-hybridized carbons (Fsp3) is 0.294. The van der Waals surface area contributed by atoms with Crippen LogP contribution in [0.3, 0.4) is 0 Å². The van der Waals surface area contributed by atoms with Crippen molar-refractivity contribution in [3.05, 3.63) is 54.4 Å². The van der Waals surface area contributed by atoms with Gasteiger partial charge in [0.1, 0.15) is 0 Å². The Morgan fingerprint density at radius 2 is 1.96 bits per heavy atom. The second-order valence-electron chi connectivity index (χ2n) is 5.69. The number of benzene rings is 1. The zero-order valence-electron chi connectivity index (χ0n) is 15.0. The van der Waals surface area contributed by atoms with Crippen molar-refractivity contribution >= 4 is 31.3 Å². The highest BCUT2D eigenvalue weighted by Crippen LogP contribution is 2.18. The fourth-order valence-corrected chi connectivity index (χ4v) is 5.86. The number of urea groups is 1. The number of carbonyl (C=O) groups excluding carboxylic acids is 1. The largest absolute Gasteiger partial charge is 0.334 e. The molecule has 0 saturated heterocycles. The summed E-state index contributed by atoms with van der Waals surface area (Å²) in [6, 6.07) is 9.52. The molecule has 1 aromatic heterocycles. The van der Waals surface area contributed by atoms with E-state index in [-0.39, 0.29) is 10.9 Å². The van der Waals surface area contributed by atoms with Gasteiger partial charge in [0.15, 0.2) is 0 Å². The van der Waals surface area contributed by atoms with Crippen molar-refractivity contribution in [2.24, 2.45) is 0 Å². The predicted molar refractivity (Wildman–Crippen MR) is 105 cm³/mol. The van der Waals surface area contributed by atoms with E-state index in [1.54, 1.807) is 30.6 Å². The second kappa shape index (κ2) is 9.46. The third kappa shape index (κ3) is 5.38. The Kier molecular flexibility index (Phi) is 7.31. The van der Waals surface area contributed by atoms with Gasteiger partial charge in [0.2, 0.25) is 10.0 Å². The summed E-state index contributed by atoms with van der Waals surface area (Å²) < 4.78 is 26.7. The lowest BCUT2D eigenvalue weighted by molar-refractivity contribution is 0.251. The lowest BCUT2D eigenvalue weighted by atomic mass is 10.3. The van der Waals surface area contributed by atoms with Gasteiger partial charge in [-0.2, -0.15) is 0 Å². The lowest BCUT2D eigenvalue weighted by Crippen LogP contribution is -2.33. The van der Waals surface area contributed by atoms with Crippen molar-refractivity contribution < 1.29 is 13.2 Å². The summed E-state index contributed by atoms with van der Waals surface area (Å²) in [6.07, 6.45) is 3.97. The molecule has 0 atom stereocenters. The summed E-state index contributed by atoms with van der Waals surface area (Å²) in [7, 11) is -3.88. The Morgan fingerprint density at radius 1 is 1.23 bits per heavy atom. The van der Waals surface area contributed by atoms with Gasteiger partial charge in [-0.3, -0.25) is 4.98 Å². The van der Waals surface area contributed by atoms with E-state index >= 15 is 0 Å². The molecular formula is C17H24N4O3SSi. The summed E-state index contributed by atoms with van der Waals surface area (Å²) in [5.74, 6) is 0. The molecule has 2 rings (SSSR count). The quantitative estimate of drug-likeness (QED) is 0.668. The number of nitrogens with one attached hydrogen (secondary N) is 2. The molecule has 140 valence electrons. The number of hydrogen-bond donors (Lipinski definition) is 2. The van der Waals surface area contributed by atoms with E-state index in [0.717, 1.165) is 5.56 Å². The van der Waals surface area contributed by atoms with E-state index in [4.69, 9.17) is 0 Å². The second-order valence-corrected chi connectivity index (χ2v) is 9.08. The van der Waals surface area contributed by atoms with Crippen LogP contribution in [0.15, 0.2) is 53.7 Å². The van der Waals surface area contributed by atoms with Gasteiger partial charge in [0.05, 0.1) is 4.90 Å². The number of aromatic nitrogens is 1. The van der Waals surface area contributed by atoms with Crippen molar-refractivity contribution in [2.75, 3.05) is 18.0 Å². The molecule has 1 aromatic carbocycles. The Hall–Kier alpha value is -2.23. The van der Waals surface area contributed by atoms with E-state index in [1.807, 2.05) is 13.0 Å². The van der Waals surface area contributed by atoms with Crippen LogP contribution in [0.2, 0.25) is 6.55 Å². The van der Waals surface area contributed by atoms with Gasteiger partial charge in [0.25, 0.3) is 0 Å². The zero-order chi connectivity index (χ0) is 19.0. The van der Waals surface area contributed by atoms with Gasteiger partial charge in [-0.25, -0.2) is 17.5 Å². The Labute approximate surface area is 156 Å². The summed E-state index contributed by atoms with van der Waals surface area (Å²) in [5.41, 5.74) is 1.42.